The number of rotatable bonds is 5. The van der Waals surface area contributed by atoms with Crippen molar-refractivity contribution >= 4 is 5.91 Å². The molecule has 3 N–H and O–H groups in total. The Morgan fingerprint density at radius 2 is 2.06 bits per heavy atom. The molecule has 2 aliphatic heterocycles. The Bertz CT molecular complexity index is 254. The number of amides is 1. The number of hydrogen-bond acceptors (Lipinski definition) is 3. The van der Waals surface area contributed by atoms with E-state index in [0.29, 0.717) is 24.4 Å². The molecule has 2 saturated heterocycles. The molecule has 0 saturated carbocycles. The van der Waals surface area contributed by atoms with Gasteiger partial charge in [-0.15, -0.1) is 0 Å². The summed E-state index contributed by atoms with van der Waals surface area (Å²) in [5, 5.41) is 15.5. The predicted molar refractivity (Wildman–Crippen MR) is 66.6 cm³/mol. The third kappa shape index (κ3) is 3.42. The van der Waals surface area contributed by atoms with Crippen molar-refractivity contribution < 1.29 is 9.90 Å². The smallest absolute Gasteiger partial charge is 0.220 e. The Morgan fingerprint density at radius 3 is 2.59 bits per heavy atom. The van der Waals surface area contributed by atoms with E-state index in [4.69, 9.17) is 5.11 Å². The van der Waals surface area contributed by atoms with Crippen LogP contribution in [0.2, 0.25) is 0 Å². The van der Waals surface area contributed by atoms with E-state index in [0.717, 1.165) is 19.3 Å². The SMILES string of the molecule is CC[C@@H](CO)NC(=O)CC1CC2CCC(C1)N2. The van der Waals surface area contributed by atoms with Crippen molar-refractivity contribution in [1.29, 1.82) is 0 Å². The standard InChI is InChI=1S/C13H24N2O2/c1-2-10(8-16)15-13(17)7-9-5-11-3-4-12(6-9)14-11/h9-12,14,16H,2-8H2,1H3,(H,15,17)/t9?,10-,11?,12?/m0/s1. The third-order valence-corrected chi connectivity index (χ3v) is 4.12. The molecule has 0 aliphatic carbocycles. The number of piperidine rings is 1. The Balaban J connectivity index is 1.75. The maximum atomic E-state index is 11.8. The first-order valence-corrected chi connectivity index (χ1v) is 6.87. The minimum atomic E-state index is -0.0686. The van der Waals surface area contributed by atoms with Gasteiger partial charge in [-0.05, 0) is 38.0 Å². The zero-order chi connectivity index (χ0) is 12.3. The zero-order valence-corrected chi connectivity index (χ0v) is 10.6. The van der Waals surface area contributed by atoms with Gasteiger partial charge in [-0.2, -0.15) is 0 Å². The number of nitrogens with one attached hydrogen (secondary N) is 2. The van der Waals surface area contributed by atoms with Gasteiger partial charge in [-0.25, -0.2) is 0 Å². The maximum absolute atomic E-state index is 11.8. The van der Waals surface area contributed by atoms with Crippen molar-refractivity contribution in [3.8, 4) is 0 Å². The normalized spacial score (nSPS) is 33.4. The largest absolute Gasteiger partial charge is 0.394 e. The molecule has 0 radical (unpaired) electrons. The molecule has 2 aliphatic rings. The molecule has 1 amide bonds. The van der Waals surface area contributed by atoms with Crippen molar-refractivity contribution in [1.82, 2.24) is 10.6 Å². The highest BCUT2D eigenvalue weighted by atomic mass is 16.3. The highest BCUT2D eigenvalue weighted by molar-refractivity contribution is 5.76. The molecule has 4 nitrogen and oxygen atoms in total. The highest BCUT2D eigenvalue weighted by Crippen LogP contribution is 2.32. The van der Waals surface area contributed by atoms with Gasteiger partial charge < -0.3 is 15.7 Å². The summed E-state index contributed by atoms with van der Waals surface area (Å²) in [6, 6.07) is 1.22. The van der Waals surface area contributed by atoms with Crippen LogP contribution in [0.1, 0.15) is 45.4 Å². The molecule has 2 heterocycles. The van der Waals surface area contributed by atoms with E-state index in [-0.39, 0.29) is 18.6 Å². The van der Waals surface area contributed by atoms with Crippen LogP contribution in [0, 0.1) is 5.92 Å². The predicted octanol–water partition coefficient (Wildman–Crippen LogP) is 0.794. The molecule has 4 heteroatoms. The van der Waals surface area contributed by atoms with Gasteiger partial charge in [-0.1, -0.05) is 6.92 Å². The molecule has 0 spiro atoms. The number of hydrogen-bond donors (Lipinski definition) is 3. The van der Waals surface area contributed by atoms with Crippen LogP contribution < -0.4 is 10.6 Å². The lowest BCUT2D eigenvalue weighted by Crippen LogP contribution is -2.42. The molecule has 98 valence electrons. The van der Waals surface area contributed by atoms with E-state index in [2.05, 4.69) is 10.6 Å². The van der Waals surface area contributed by atoms with Gasteiger partial charge in [0.2, 0.25) is 5.91 Å². The fourth-order valence-electron chi connectivity index (χ4n) is 3.17. The topological polar surface area (TPSA) is 61.4 Å². The van der Waals surface area contributed by atoms with Crippen LogP contribution in [0.15, 0.2) is 0 Å². The molecule has 0 aromatic rings. The Labute approximate surface area is 103 Å². The van der Waals surface area contributed by atoms with Crippen LogP contribution in [0.3, 0.4) is 0 Å². The van der Waals surface area contributed by atoms with E-state index < -0.39 is 0 Å². The number of fused-ring (bicyclic) bond motifs is 2. The van der Waals surface area contributed by atoms with Gasteiger partial charge in [0, 0.05) is 18.5 Å². The zero-order valence-electron chi connectivity index (χ0n) is 10.6. The van der Waals surface area contributed by atoms with E-state index in [1.54, 1.807) is 0 Å². The summed E-state index contributed by atoms with van der Waals surface area (Å²) in [4.78, 5) is 11.8. The summed E-state index contributed by atoms with van der Waals surface area (Å²) < 4.78 is 0. The molecular weight excluding hydrogens is 216 g/mol. The molecule has 0 aromatic heterocycles. The molecule has 17 heavy (non-hydrogen) atoms. The van der Waals surface area contributed by atoms with Crippen LogP contribution in [0.25, 0.3) is 0 Å². The van der Waals surface area contributed by atoms with E-state index in [1.807, 2.05) is 6.92 Å². The second-order valence-corrected chi connectivity index (χ2v) is 5.53. The number of aliphatic hydroxyl groups excluding tert-OH is 1. The lowest BCUT2D eigenvalue weighted by molar-refractivity contribution is -0.123. The summed E-state index contributed by atoms with van der Waals surface area (Å²) in [6.45, 7) is 2.02. The third-order valence-electron chi connectivity index (χ3n) is 4.12. The van der Waals surface area contributed by atoms with Gasteiger partial charge in [0.1, 0.15) is 0 Å². The minimum absolute atomic E-state index is 0.0414. The van der Waals surface area contributed by atoms with Gasteiger partial charge in [0.05, 0.1) is 12.6 Å². The minimum Gasteiger partial charge on any atom is -0.394 e. The molecule has 3 atom stereocenters. The Hall–Kier alpha value is -0.610. The molecule has 2 unspecified atom stereocenters. The summed E-state index contributed by atoms with van der Waals surface area (Å²) in [5.74, 6) is 0.641. The lowest BCUT2D eigenvalue weighted by Gasteiger charge is -2.29. The second-order valence-electron chi connectivity index (χ2n) is 5.53. The Morgan fingerprint density at radius 1 is 1.41 bits per heavy atom. The molecule has 2 fully saturated rings. The van der Waals surface area contributed by atoms with Gasteiger partial charge in [0.25, 0.3) is 0 Å². The van der Waals surface area contributed by atoms with Crippen molar-refractivity contribution in [2.75, 3.05) is 6.61 Å². The summed E-state index contributed by atoms with van der Waals surface area (Å²) in [6.07, 6.45) is 6.25. The Kier molecular flexibility index (Phi) is 4.40. The van der Waals surface area contributed by atoms with Crippen molar-refractivity contribution in [3.05, 3.63) is 0 Å². The highest BCUT2D eigenvalue weighted by Gasteiger charge is 2.34. The number of carbonyl (C=O) groups is 1. The maximum Gasteiger partial charge on any atom is 0.220 e. The van der Waals surface area contributed by atoms with Crippen LogP contribution in [0.4, 0.5) is 0 Å². The first-order valence-electron chi connectivity index (χ1n) is 6.87. The quantitative estimate of drug-likeness (QED) is 0.666. The van der Waals surface area contributed by atoms with Crippen LogP contribution in [-0.4, -0.2) is 35.7 Å². The monoisotopic (exact) mass is 240 g/mol. The summed E-state index contributed by atoms with van der Waals surface area (Å²) in [7, 11) is 0. The molecular formula is C13H24N2O2. The van der Waals surface area contributed by atoms with Crippen LogP contribution in [0.5, 0.6) is 0 Å². The van der Waals surface area contributed by atoms with E-state index in [9.17, 15) is 4.79 Å². The second kappa shape index (κ2) is 5.83. The first kappa shape index (κ1) is 12.8. The average molecular weight is 240 g/mol. The van der Waals surface area contributed by atoms with E-state index >= 15 is 0 Å². The van der Waals surface area contributed by atoms with Crippen molar-refractivity contribution in [2.24, 2.45) is 5.92 Å². The van der Waals surface area contributed by atoms with E-state index in [1.165, 1.54) is 12.8 Å². The first-order chi connectivity index (χ1) is 8.21. The number of carbonyl (C=O) groups excluding carboxylic acids is 1. The molecule has 2 rings (SSSR count). The van der Waals surface area contributed by atoms with Gasteiger partial charge in [0.15, 0.2) is 0 Å². The number of aliphatic hydroxyl groups is 1. The fraction of sp³-hybridized carbons (Fsp3) is 0.923. The van der Waals surface area contributed by atoms with Crippen molar-refractivity contribution in [3.63, 3.8) is 0 Å². The molecule has 0 aromatic carbocycles. The summed E-state index contributed by atoms with van der Waals surface area (Å²) in [5.41, 5.74) is 0. The van der Waals surface area contributed by atoms with Crippen LogP contribution >= 0.6 is 0 Å². The van der Waals surface area contributed by atoms with Gasteiger partial charge in [-0.3, -0.25) is 4.79 Å². The van der Waals surface area contributed by atoms with Crippen LogP contribution in [-0.2, 0) is 4.79 Å². The fourth-order valence-corrected chi connectivity index (χ4v) is 3.17. The van der Waals surface area contributed by atoms with Gasteiger partial charge >= 0.3 is 0 Å². The van der Waals surface area contributed by atoms with Crippen molar-refractivity contribution in [2.45, 2.75) is 63.6 Å². The average Bonchev–Trinajstić information content (AvgIpc) is 2.65. The lowest BCUT2D eigenvalue weighted by atomic mass is 9.89. The molecule has 2 bridgehead atoms. The summed E-state index contributed by atoms with van der Waals surface area (Å²) >= 11 is 0.